The van der Waals surface area contributed by atoms with Crippen LogP contribution >= 0.6 is 61.7 Å². The van der Waals surface area contributed by atoms with Gasteiger partial charge in [0.05, 0.1) is 11.3 Å². The molecule has 104 valence electrons. The highest BCUT2D eigenvalue weighted by molar-refractivity contribution is 14.1. The van der Waals surface area contributed by atoms with Gasteiger partial charge >= 0.3 is 0 Å². The van der Waals surface area contributed by atoms with Crippen molar-refractivity contribution in [2.24, 2.45) is 0 Å². The summed E-state index contributed by atoms with van der Waals surface area (Å²) >= 11 is 17.3. The number of carbonyl (C=O) groups is 1. The molecule has 1 aromatic carbocycles. The van der Waals surface area contributed by atoms with Crippen molar-refractivity contribution in [3.8, 4) is 0 Å². The van der Waals surface area contributed by atoms with Crippen molar-refractivity contribution in [2.75, 3.05) is 5.32 Å². The predicted octanol–water partition coefficient (Wildman–Crippen LogP) is 5.32. The average Bonchev–Trinajstić information content (AvgIpc) is 2.36. The van der Waals surface area contributed by atoms with Crippen molar-refractivity contribution in [3.63, 3.8) is 0 Å². The average molecular weight is 486 g/mol. The van der Waals surface area contributed by atoms with Crippen LogP contribution in [0.1, 0.15) is 15.9 Å². The van der Waals surface area contributed by atoms with Crippen LogP contribution in [-0.4, -0.2) is 10.9 Å². The highest BCUT2D eigenvalue weighted by Gasteiger charge is 2.15. The maximum Gasteiger partial charge on any atom is 0.256 e. The monoisotopic (exact) mass is 484 g/mol. The molecule has 0 fully saturated rings. The van der Waals surface area contributed by atoms with Crippen LogP contribution in [0, 0.1) is 10.5 Å². The number of amides is 1. The number of hydrogen-bond donors (Lipinski definition) is 1. The molecule has 0 unspecified atom stereocenters. The molecule has 0 saturated carbocycles. The number of rotatable bonds is 2. The standard InChI is InChI=1S/C13H8BrCl2IN2O/c1-6-4-10(15)18-12(16)11(6)19-13(20)8-5-7(17)2-3-9(8)14/h2-5H,1H3,(H,19,20). The van der Waals surface area contributed by atoms with Crippen LogP contribution in [0.3, 0.4) is 0 Å². The van der Waals surface area contributed by atoms with Crippen LogP contribution in [0.4, 0.5) is 5.69 Å². The summed E-state index contributed by atoms with van der Waals surface area (Å²) in [4.78, 5) is 16.2. The molecule has 7 heteroatoms. The van der Waals surface area contributed by atoms with Gasteiger partial charge in [0.2, 0.25) is 0 Å². The van der Waals surface area contributed by atoms with Crippen molar-refractivity contribution in [1.29, 1.82) is 0 Å². The molecule has 2 aromatic rings. The third-order valence-electron chi connectivity index (χ3n) is 2.55. The van der Waals surface area contributed by atoms with E-state index in [-0.39, 0.29) is 11.1 Å². The molecule has 0 radical (unpaired) electrons. The van der Waals surface area contributed by atoms with Gasteiger partial charge in [-0.3, -0.25) is 4.79 Å². The maximum atomic E-state index is 12.3. The Morgan fingerprint density at radius 3 is 2.70 bits per heavy atom. The molecular formula is C13H8BrCl2IN2O. The molecule has 0 aliphatic carbocycles. The van der Waals surface area contributed by atoms with Gasteiger partial charge in [0, 0.05) is 8.04 Å². The second-order valence-electron chi connectivity index (χ2n) is 4.01. The molecule has 0 saturated heterocycles. The van der Waals surface area contributed by atoms with E-state index in [9.17, 15) is 4.79 Å². The molecule has 1 N–H and O–H groups in total. The number of pyridine rings is 1. The second kappa shape index (κ2) is 6.60. The lowest BCUT2D eigenvalue weighted by Gasteiger charge is -2.11. The Morgan fingerprint density at radius 2 is 2.05 bits per heavy atom. The molecule has 0 aliphatic heterocycles. The molecule has 0 bridgehead atoms. The Morgan fingerprint density at radius 1 is 1.35 bits per heavy atom. The summed E-state index contributed by atoms with van der Waals surface area (Å²) in [6.45, 7) is 1.80. The van der Waals surface area contributed by atoms with Crippen LogP contribution in [0.5, 0.6) is 0 Å². The first kappa shape index (κ1) is 16.0. The smallest absolute Gasteiger partial charge is 0.256 e. The number of carbonyl (C=O) groups excluding carboxylic acids is 1. The van der Waals surface area contributed by atoms with Crippen molar-refractivity contribution >= 4 is 73.3 Å². The molecular weight excluding hydrogens is 478 g/mol. The van der Waals surface area contributed by atoms with E-state index >= 15 is 0 Å². The molecule has 2 rings (SSSR count). The van der Waals surface area contributed by atoms with Crippen LogP contribution in [0.25, 0.3) is 0 Å². The first-order chi connectivity index (χ1) is 9.38. The molecule has 0 spiro atoms. The zero-order chi connectivity index (χ0) is 14.9. The quantitative estimate of drug-likeness (QED) is 0.462. The topological polar surface area (TPSA) is 42.0 Å². The van der Waals surface area contributed by atoms with Crippen LogP contribution in [-0.2, 0) is 0 Å². The van der Waals surface area contributed by atoms with E-state index in [1.807, 2.05) is 12.1 Å². The van der Waals surface area contributed by atoms with E-state index in [1.165, 1.54) is 0 Å². The van der Waals surface area contributed by atoms with Crippen molar-refractivity contribution in [3.05, 3.63) is 53.7 Å². The summed E-state index contributed by atoms with van der Waals surface area (Å²) in [6, 6.07) is 7.16. The van der Waals surface area contributed by atoms with Gasteiger partial charge < -0.3 is 5.32 Å². The molecule has 3 nitrogen and oxygen atoms in total. The van der Waals surface area contributed by atoms with Gasteiger partial charge in [-0.2, -0.15) is 0 Å². The number of anilines is 1. The third kappa shape index (κ3) is 3.63. The van der Waals surface area contributed by atoms with E-state index in [0.29, 0.717) is 20.9 Å². The number of halogens is 4. The van der Waals surface area contributed by atoms with E-state index in [4.69, 9.17) is 23.2 Å². The summed E-state index contributed by atoms with van der Waals surface area (Å²) in [5, 5.41) is 3.23. The number of hydrogen-bond acceptors (Lipinski definition) is 2. The lowest BCUT2D eigenvalue weighted by Crippen LogP contribution is -2.14. The third-order valence-corrected chi connectivity index (χ3v) is 4.38. The Hall–Kier alpha value is -0.370. The molecule has 0 aliphatic rings. The molecule has 1 aromatic heterocycles. The fraction of sp³-hybridized carbons (Fsp3) is 0.0769. The number of nitrogens with one attached hydrogen (secondary N) is 1. The fourth-order valence-electron chi connectivity index (χ4n) is 1.60. The normalized spacial score (nSPS) is 10.4. The minimum Gasteiger partial charge on any atom is -0.319 e. The number of nitrogens with zero attached hydrogens (tertiary/aromatic N) is 1. The van der Waals surface area contributed by atoms with Gasteiger partial charge in [-0.05, 0) is 75.3 Å². The van der Waals surface area contributed by atoms with Crippen molar-refractivity contribution in [2.45, 2.75) is 6.92 Å². The van der Waals surface area contributed by atoms with Gasteiger partial charge in [0.15, 0.2) is 5.15 Å². The first-order valence-corrected chi connectivity index (χ1v) is 8.10. The number of aryl methyl sites for hydroxylation is 1. The molecule has 1 heterocycles. The maximum absolute atomic E-state index is 12.3. The zero-order valence-corrected chi connectivity index (χ0v) is 15.4. The summed E-state index contributed by atoms with van der Waals surface area (Å²) in [5.41, 5.74) is 1.75. The van der Waals surface area contributed by atoms with Gasteiger partial charge in [0.1, 0.15) is 5.15 Å². The largest absolute Gasteiger partial charge is 0.319 e. The van der Waals surface area contributed by atoms with Crippen LogP contribution in [0.15, 0.2) is 28.7 Å². The minimum atomic E-state index is -0.260. The first-order valence-electron chi connectivity index (χ1n) is 5.47. The van der Waals surface area contributed by atoms with Crippen molar-refractivity contribution < 1.29 is 4.79 Å². The van der Waals surface area contributed by atoms with E-state index in [0.717, 1.165) is 9.13 Å². The van der Waals surface area contributed by atoms with E-state index in [2.05, 4.69) is 48.8 Å². The van der Waals surface area contributed by atoms with Gasteiger partial charge in [-0.15, -0.1) is 0 Å². The Kier molecular flexibility index (Phi) is 5.28. The highest BCUT2D eigenvalue weighted by atomic mass is 127. The number of benzene rings is 1. The van der Waals surface area contributed by atoms with Gasteiger partial charge in [-0.1, -0.05) is 23.2 Å². The SMILES string of the molecule is Cc1cc(Cl)nc(Cl)c1NC(=O)c1cc(I)ccc1Br. The van der Waals surface area contributed by atoms with E-state index < -0.39 is 0 Å². The van der Waals surface area contributed by atoms with Gasteiger partial charge in [0.25, 0.3) is 5.91 Å². The van der Waals surface area contributed by atoms with Crippen molar-refractivity contribution in [1.82, 2.24) is 4.98 Å². The Labute approximate surface area is 148 Å². The summed E-state index contributed by atoms with van der Waals surface area (Å²) in [6.07, 6.45) is 0. The fourth-order valence-corrected chi connectivity index (χ4v) is 3.09. The highest BCUT2D eigenvalue weighted by Crippen LogP contribution is 2.28. The Balaban J connectivity index is 2.35. The lowest BCUT2D eigenvalue weighted by molar-refractivity contribution is 0.102. The molecule has 1 amide bonds. The zero-order valence-electron chi connectivity index (χ0n) is 10.2. The van der Waals surface area contributed by atoms with Crippen LogP contribution in [0.2, 0.25) is 10.3 Å². The lowest BCUT2D eigenvalue weighted by atomic mass is 10.2. The number of aromatic nitrogens is 1. The minimum absolute atomic E-state index is 0.171. The molecule has 0 atom stereocenters. The summed E-state index contributed by atoms with van der Waals surface area (Å²) < 4.78 is 1.68. The molecule has 20 heavy (non-hydrogen) atoms. The van der Waals surface area contributed by atoms with Gasteiger partial charge in [-0.25, -0.2) is 4.98 Å². The second-order valence-corrected chi connectivity index (χ2v) is 6.85. The van der Waals surface area contributed by atoms with E-state index in [1.54, 1.807) is 19.1 Å². The Bertz CT molecular complexity index is 671. The summed E-state index contributed by atoms with van der Waals surface area (Å²) in [5.74, 6) is -0.260. The van der Waals surface area contributed by atoms with Crippen LogP contribution < -0.4 is 5.32 Å². The predicted molar refractivity (Wildman–Crippen MR) is 93.8 cm³/mol. The summed E-state index contributed by atoms with van der Waals surface area (Å²) in [7, 11) is 0.